The monoisotopic (exact) mass is 213 g/mol. The Morgan fingerprint density at radius 2 is 2.14 bits per heavy atom. The lowest BCUT2D eigenvalue weighted by Gasteiger charge is -2.05. The second-order valence-electron chi connectivity index (χ2n) is 4.13. The molecule has 1 heterocycles. The van der Waals surface area contributed by atoms with E-state index >= 15 is 0 Å². The van der Waals surface area contributed by atoms with Crippen LogP contribution in [-0.4, -0.2) is 0 Å². The van der Waals surface area contributed by atoms with Crippen molar-refractivity contribution in [1.82, 2.24) is 0 Å². The number of halogens is 1. The third-order valence-electron chi connectivity index (χ3n) is 2.91. The van der Waals surface area contributed by atoms with Gasteiger partial charge >= 0.3 is 0 Å². The molecule has 0 amide bonds. The summed E-state index contributed by atoms with van der Waals surface area (Å²) in [5, 5.41) is 0.754. The van der Waals surface area contributed by atoms with E-state index in [4.69, 9.17) is 21.8 Å². The van der Waals surface area contributed by atoms with Gasteiger partial charge in [-0.2, -0.15) is 0 Å². The Hall–Kier alpha value is -0.470. The van der Waals surface area contributed by atoms with E-state index in [0.717, 1.165) is 16.5 Å². The maximum Gasteiger partial charge on any atom is 0.125 e. The highest BCUT2D eigenvalue weighted by Crippen LogP contribution is 2.39. The van der Waals surface area contributed by atoms with Crippen LogP contribution in [0.2, 0.25) is 5.02 Å². The molecule has 0 aliphatic heterocycles. The molecular weight excluding hydrogens is 198 g/mol. The lowest BCUT2D eigenvalue weighted by atomic mass is 10.1. The van der Waals surface area contributed by atoms with Crippen LogP contribution in [0, 0.1) is 0 Å². The van der Waals surface area contributed by atoms with E-state index < -0.39 is 0 Å². The largest absolute Gasteiger partial charge is 0.463 e. The molecule has 1 unspecified atom stereocenters. The summed E-state index contributed by atoms with van der Waals surface area (Å²) in [5.74, 6) is 2.28. The van der Waals surface area contributed by atoms with E-state index in [-0.39, 0.29) is 6.04 Å². The van der Waals surface area contributed by atoms with Crippen LogP contribution >= 0.6 is 11.6 Å². The van der Waals surface area contributed by atoms with Crippen LogP contribution in [0.4, 0.5) is 0 Å². The number of furan rings is 1. The van der Waals surface area contributed by atoms with Gasteiger partial charge in [-0.3, -0.25) is 0 Å². The second kappa shape index (κ2) is 3.95. The number of nitrogens with two attached hydrogens (primary N) is 1. The molecule has 0 spiro atoms. The van der Waals surface area contributed by atoms with E-state index in [0.29, 0.717) is 5.92 Å². The fraction of sp³-hybridized carbons (Fsp3) is 0.636. The molecule has 14 heavy (non-hydrogen) atoms. The normalized spacial score (nSPS) is 20.2. The van der Waals surface area contributed by atoms with Gasteiger partial charge in [0.15, 0.2) is 0 Å². The average molecular weight is 214 g/mol. The van der Waals surface area contributed by atoms with Gasteiger partial charge in [-0.05, 0) is 19.8 Å². The first-order valence-corrected chi connectivity index (χ1v) is 5.61. The maximum absolute atomic E-state index is 6.12. The van der Waals surface area contributed by atoms with Crippen LogP contribution in [-0.2, 0) is 0 Å². The Morgan fingerprint density at radius 3 is 2.64 bits per heavy atom. The van der Waals surface area contributed by atoms with Crippen molar-refractivity contribution in [2.45, 2.75) is 44.6 Å². The molecule has 2 nitrogen and oxygen atoms in total. The molecule has 0 radical (unpaired) electrons. The van der Waals surface area contributed by atoms with E-state index in [2.05, 4.69) is 0 Å². The Balaban J connectivity index is 2.24. The SMILES string of the molecule is CC(N)c1cc(Cl)c(C2CCCC2)o1. The van der Waals surface area contributed by atoms with Gasteiger partial charge in [-0.15, -0.1) is 0 Å². The fourth-order valence-corrected chi connectivity index (χ4v) is 2.39. The molecule has 1 aliphatic rings. The third kappa shape index (κ3) is 1.82. The molecule has 1 atom stereocenters. The second-order valence-corrected chi connectivity index (χ2v) is 4.54. The average Bonchev–Trinajstić information content (AvgIpc) is 2.71. The van der Waals surface area contributed by atoms with Crippen molar-refractivity contribution in [3.8, 4) is 0 Å². The number of rotatable bonds is 2. The minimum atomic E-state index is -0.0670. The van der Waals surface area contributed by atoms with Crippen LogP contribution in [0.3, 0.4) is 0 Å². The zero-order valence-electron chi connectivity index (χ0n) is 8.42. The van der Waals surface area contributed by atoms with E-state index in [9.17, 15) is 0 Å². The molecule has 2 N–H and O–H groups in total. The molecule has 1 aromatic rings. The highest BCUT2D eigenvalue weighted by Gasteiger charge is 2.24. The molecule has 1 aliphatic carbocycles. The van der Waals surface area contributed by atoms with Gasteiger partial charge in [0.25, 0.3) is 0 Å². The van der Waals surface area contributed by atoms with Gasteiger partial charge in [0.05, 0.1) is 11.1 Å². The van der Waals surface area contributed by atoms with Gasteiger partial charge in [0, 0.05) is 12.0 Å². The van der Waals surface area contributed by atoms with E-state index in [1.807, 2.05) is 13.0 Å². The van der Waals surface area contributed by atoms with Crippen molar-refractivity contribution in [1.29, 1.82) is 0 Å². The first kappa shape index (κ1) is 10.1. The zero-order valence-corrected chi connectivity index (χ0v) is 9.18. The predicted octanol–water partition coefficient (Wildman–Crippen LogP) is 3.61. The van der Waals surface area contributed by atoms with Crippen molar-refractivity contribution in [3.63, 3.8) is 0 Å². The maximum atomic E-state index is 6.12. The van der Waals surface area contributed by atoms with Crippen molar-refractivity contribution in [2.24, 2.45) is 5.73 Å². The molecule has 0 aromatic carbocycles. The highest BCUT2D eigenvalue weighted by molar-refractivity contribution is 6.31. The molecule has 1 saturated carbocycles. The lowest BCUT2D eigenvalue weighted by Crippen LogP contribution is -2.02. The van der Waals surface area contributed by atoms with Gasteiger partial charge in [0.2, 0.25) is 0 Å². The number of hydrogen-bond acceptors (Lipinski definition) is 2. The Morgan fingerprint density at radius 1 is 1.50 bits per heavy atom. The smallest absolute Gasteiger partial charge is 0.125 e. The van der Waals surface area contributed by atoms with Crippen LogP contribution in [0.5, 0.6) is 0 Å². The quantitative estimate of drug-likeness (QED) is 0.815. The summed E-state index contributed by atoms with van der Waals surface area (Å²) in [6.45, 7) is 1.91. The van der Waals surface area contributed by atoms with Gasteiger partial charge in [-0.25, -0.2) is 0 Å². The molecule has 1 aromatic heterocycles. The third-order valence-corrected chi connectivity index (χ3v) is 3.20. The molecule has 1 fully saturated rings. The van der Waals surface area contributed by atoms with Crippen LogP contribution in [0.1, 0.15) is 56.1 Å². The summed E-state index contributed by atoms with van der Waals surface area (Å²) in [6, 6.07) is 1.79. The summed E-state index contributed by atoms with van der Waals surface area (Å²) in [6.07, 6.45) is 4.97. The van der Waals surface area contributed by atoms with E-state index in [1.54, 1.807) is 0 Å². The number of hydrogen-bond donors (Lipinski definition) is 1. The topological polar surface area (TPSA) is 39.2 Å². The predicted molar refractivity (Wildman–Crippen MR) is 57.5 cm³/mol. The van der Waals surface area contributed by atoms with Gasteiger partial charge in [0.1, 0.15) is 11.5 Å². The van der Waals surface area contributed by atoms with Crippen molar-refractivity contribution in [2.75, 3.05) is 0 Å². The highest BCUT2D eigenvalue weighted by atomic mass is 35.5. The molecular formula is C11H16ClNO. The zero-order chi connectivity index (χ0) is 10.1. The summed E-state index contributed by atoms with van der Waals surface area (Å²) in [5.41, 5.74) is 5.74. The molecule has 0 saturated heterocycles. The fourth-order valence-electron chi connectivity index (χ4n) is 2.09. The van der Waals surface area contributed by atoms with Crippen LogP contribution in [0.25, 0.3) is 0 Å². The summed E-state index contributed by atoms with van der Waals surface area (Å²) >= 11 is 6.12. The first-order chi connectivity index (χ1) is 6.68. The van der Waals surface area contributed by atoms with Crippen molar-refractivity contribution >= 4 is 11.6 Å². The summed E-state index contributed by atoms with van der Waals surface area (Å²) < 4.78 is 5.70. The Kier molecular flexibility index (Phi) is 2.84. The molecule has 2 rings (SSSR count). The van der Waals surface area contributed by atoms with Crippen molar-refractivity contribution < 1.29 is 4.42 Å². The first-order valence-electron chi connectivity index (χ1n) is 5.23. The summed E-state index contributed by atoms with van der Waals surface area (Å²) in [4.78, 5) is 0. The Bertz CT molecular complexity index is 313. The van der Waals surface area contributed by atoms with Gasteiger partial charge < -0.3 is 10.2 Å². The molecule has 78 valence electrons. The Labute approximate surface area is 89.4 Å². The minimum Gasteiger partial charge on any atom is -0.463 e. The van der Waals surface area contributed by atoms with Crippen molar-refractivity contribution in [3.05, 3.63) is 22.6 Å². The lowest BCUT2D eigenvalue weighted by molar-refractivity contribution is 0.414. The van der Waals surface area contributed by atoms with Crippen LogP contribution in [0.15, 0.2) is 10.5 Å². The van der Waals surface area contributed by atoms with Gasteiger partial charge in [-0.1, -0.05) is 24.4 Å². The molecule has 0 bridgehead atoms. The molecule has 3 heteroatoms. The summed E-state index contributed by atoms with van der Waals surface area (Å²) in [7, 11) is 0. The standard InChI is InChI=1S/C11H16ClNO/c1-7(13)10-6-9(12)11(14-10)8-4-2-3-5-8/h6-8H,2-5,13H2,1H3. The van der Waals surface area contributed by atoms with E-state index in [1.165, 1.54) is 25.7 Å². The minimum absolute atomic E-state index is 0.0670. The van der Waals surface area contributed by atoms with Crippen LogP contribution < -0.4 is 5.73 Å².